The number of quaternary nitrogens is 1. The summed E-state index contributed by atoms with van der Waals surface area (Å²) >= 11 is 0. The fourth-order valence-corrected chi connectivity index (χ4v) is 4.67. The molecule has 3 aromatic carbocycles. The van der Waals surface area contributed by atoms with Crippen molar-refractivity contribution in [1.82, 2.24) is 4.90 Å². The third-order valence-corrected chi connectivity index (χ3v) is 7.21. The summed E-state index contributed by atoms with van der Waals surface area (Å²) in [5.74, 6) is 1.79. The summed E-state index contributed by atoms with van der Waals surface area (Å²) in [5.41, 5.74) is 2.61. The minimum Gasteiger partial charge on any atom is -0.494 e. The predicted octanol–water partition coefficient (Wildman–Crippen LogP) is 7.23. The van der Waals surface area contributed by atoms with Gasteiger partial charge >= 0.3 is 0 Å². The van der Waals surface area contributed by atoms with Crippen molar-refractivity contribution in [3.05, 3.63) is 96.1 Å². The van der Waals surface area contributed by atoms with E-state index in [2.05, 4.69) is 75.6 Å². The highest BCUT2D eigenvalue weighted by molar-refractivity contribution is 5.31. The largest absolute Gasteiger partial charge is 0.494 e. The summed E-state index contributed by atoms with van der Waals surface area (Å²) in [7, 11) is 9.25. The molecule has 0 radical (unpaired) electrons. The third-order valence-electron chi connectivity index (χ3n) is 7.21. The van der Waals surface area contributed by atoms with Crippen LogP contribution >= 0.6 is 0 Å². The molecule has 0 fully saturated rings. The molecule has 206 valence electrons. The fourth-order valence-electron chi connectivity index (χ4n) is 4.67. The van der Waals surface area contributed by atoms with Crippen LogP contribution in [0, 0.1) is 0 Å². The van der Waals surface area contributed by atoms with E-state index in [0.717, 1.165) is 42.0 Å². The van der Waals surface area contributed by atoms with Gasteiger partial charge in [-0.15, -0.1) is 0 Å². The van der Waals surface area contributed by atoms with Gasteiger partial charge < -0.3 is 18.9 Å². The summed E-state index contributed by atoms with van der Waals surface area (Å²) in [6.45, 7) is 3.68. The zero-order valence-corrected chi connectivity index (χ0v) is 24.1. The Balaban J connectivity index is 1.21. The van der Waals surface area contributed by atoms with Gasteiger partial charge in [-0.25, -0.2) is 0 Å². The highest BCUT2D eigenvalue weighted by Crippen LogP contribution is 2.19. The summed E-state index contributed by atoms with van der Waals surface area (Å²) in [6, 6.07) is 29.7. The SMILES string of the molecule is CN(CCCCCCCCOc1ccc(OCc2ccccc2)cc1)C[C@H](Cc1ccccc1)[N+](C)(C)C. The van der Waals surface area contributed by atoms with Gasteiger partial charge in [-0.2, -0.15) is 0 Å². The van der Waals surface area contributed by atoms with Gasteiger partial charge in [-0.3, -0.25) is 0 Å². The molecule has 0 aliphatic carbocycles. The van der Waals surface area contributed by atoms with Crippen molar-refractivity contribution in [2.75, 3.05) is 47.9 Å². The van der Waals surface area contributed by atoms with E-state index in [9.17, 15) is 0 Å². The molecule has 0 aromatic heterocycles. The number of hydrogen-bond donors (Lipinski definition) is 0. The first-order valence-corrected chi connectivity index (χ1v) is 14.3. The van der Waals surface area contributed by atoms with Crippen LogP contribution in [0.5, 0.6) is 11.5 Å². The zero-order chi connectivity index (χ0) is 27.1. The lowest BCUT2D eigenvalue weighted by molar-refractivity contribution is -0.895. The summed E-state index contributed by atoms with van der Waals surface area (Å²) in [5, 5.41) is 0. The smallest absolute Gasteiger partial charge is 0.120 e. The zero-order valence-electron chi connectivity index (χ0n) is 24.1. The minimum absolute atomic E-state index is 0.586. The molecule has 0 unspecified atom stereocenters. The van der Waals surface area contributed by atoms with Gasteiger partial charge in [0.15, 0.2) is 0 Å². The Hall–Kier alpha value is -2.82. The van der Waals surface area contributed by atoms with Gasteiger partial charge in [0, 0.05) is 6.42 Å². The Labute approximate surface area is 231 Å². The highest BCUT2D eigenvalue weighted by Gasteiger charge is 2.25. The van der Waals surface area contributed by atoms with E-state index < -0.39 is 0 Å². The van der Waals surface area contributed by atoms with Gasteiger partial charge in [-0.1, -0.05) is 86.3 Å². The Morgan fingerprint density at radius 1 is 0.632 bits per heavy atom. The summed E-state index contributed by atoms with van der Waals surface area (Å²) in [6.07, 6.45) is 8.65. The van der Waals surface area contributed by atoms with Crippen LogP contribution in [0.3, 0.4) is 0 Å². The molecule has 0 bridgehead atoms. The molecule has 3 rings (SSSR count). The fraction of sp³-hybridized carbons (Fsp3) is 0.471. The first-order valence-electron chi connectivity index (χ1n) is 14.3. The molecular weight excluding hydrogens is 468 g/mol. The quantitative estimate of drug-likeness (QED) is 0.131. The first kappa shape index (κ1) is 29.7. The second-order valence-electron chi connectivity index (χ2n) is 11.4. The Morgan fingerprint density at radius 3 is 1.76 bits per heavy atom. The molecule has 3 aromatic rings. The van der Waals surface area contributed by atoms with E-state index in [1.54, 1.807) is 0 Å². The van der Waals surface area contributed by atoms with Crippen LogP contribution in [0.2, 0.25) is 0 Å². The molecule has 4 nitrogen and oxygen atoms in total. The number of rotatable bonds is 18. The average molecular weight is 518 g/mol. The lowest BCUT2D eigenvalue weighted by Crippen LogP contribution is -2.51. The lowest BCUT2D eigenvalue weighted by Gasteiger charge is -2.36. The standard InChI is InChI=1S/C34H49N2O2/c1-35(28-32(36(2,3)4)27-30-17-11-9-12-18-30)25-15-7-5-6-8-16-26-37-33-21-23-34(24-22-33)38-29-31-19-13-10-14-20-31/h9-14,17-24,32H,5-8,15-16,25-29H2,1-4H3/q+1/t32-/m0/s1. The van der Waals surface area contributed by atoms with Crippen LogP contribution in [0.4, 0.5) is 0 Å². The number of nitrogens with zero attached hydrogens (tertiary/aromatic N) is 2. The topological polar surface area (TPSA) is 21.7 Å². The summed E-state index contributed by atoms with van der Waals surface area (Å²) < 4.78 is 12.8. The normalized spacial score (nSPS) is 12.4. The first-order chi connectivity index (χ1) is 18.4. The number of likely N-dealkylation sites (N-methyl/N-ethyl adjacent to an activating group) is 2. The van der Waals surface area contributed by atoms with E-state index >= 15 is 0 Å². The molecule has 0 aliphatic heterocycles. The van der Waals surface area contributed by atoms with Crippen LogP contribution in [0.25, 0.3) is 0 Å². The molecule has 0 spiro atoms. The van der Waals surface area contributed by atoms with Crippen molar-refractivity contribution < 1.29 is 14.0 Å². The van der Waals surface area contributed by atoms with Crippen molar-refractivity contribution in [3.8, 4) is 11.5 Å². The van der Waals surface area contributed by atoms with Crippen molar-refractivity contribution >= 4 is 0 Å². The molecule has 0 aliphatic rings. The van der Waals surface area contributed by atoms with E-state index in [1.165, 1.54) is 49.8 Å². The molecule has 0 heterocycles. The predicted molar refractivity (Wildman–Crippen MR) is 160 cm³/mol. The van der Waals surface area contributed by atoms with Crippen LogP contribution < -0.4 is 9.47 Å². The van der Waals surface area contributed by atoms with Gasteiger partial charge in [-0.05, 0) is 61.8 Å². The van der Waals surface area contributed by atoms with Crippen LogP contribution in [0.15, 0.2) is 84.9 Å². The number of benzene rings is 3. The Morgan fingerprint density at radius 2 is 1.16 bits per heavy atom. The van der Waals surface area contributed by atoms with Gasteiger partial charge in [0.25, 0.3) is 0 Å². The average Bonchev–Trinajstić information content (AvgIpc) is 2.92. The van der Waals surface area contributed by atoms with Gasteiger partial charge in [0.05, 0.1) is 34.3 Å². The highest BCUT2D eigenvalue weighted by atomic mass is 16.5. The maximum atomic E-state index is 5.93. The molecule has 4 heteroatoms. The van der Waals surface area contributed by atoms with Gasteiger partial charge in [0.1, 0.15) is 24.1 Å². The molecule has 0 N–H and O–H groups in total. The monoisotopic (exact) mass is 517 g/mol. The molecular formula is C34H49N2O2+. The van der Waals surface area contributed by atoms with Crippen molar-refractivity contribution in [2.24, 2.45) is 0 Å². The second-order valence-corrected chi connectivity index (χ2v) is 11.4. The van der Waals surface area contributed by atoms with E-state index in [0.29, 0.717) is 12.6 Å². The van der Waals surface area contributed by atoms with E-state index in [4.69, 9.17) is 9.47 Å². The summed E-state index contributed by atoms with van der Waals surface area (Å²) in [4.78, 5) is 2.53. The Kier molecular flexibility index (Phi) is 12.7. The van der Waals surface area contributed by atoms with Gasteiger partial charge in [0.2, 0.25) is 0 Å². The number of hydrogen-bond acceptors (Lipinski definition) is 3. The molecule has 0 saturated carbocycles. The molecule has 1 atom stereocenters. The Bertz CT molecular complexity index is 1000. The van der Waals surface area contributed by atoms with Crippen molar-refractivity contribution in [3.63, 3.8) is 0 Å². The van der Waals surface area contributed by atoms with Crippen molar-refractivity contribution in [2.45, 2.75) is 57.6 Å². The van der Waals surface area contributed by atoms with Crippen LogP contribution in [0.1, 0.15) is 49.7 Å². The third kappa shape index (κ3) is 11.7. The van der Waals surface area contributed by atoms with E-state index in [-0.39, 0.29) is 0 Å². The lowest BCUT2D eigenvalue weighted by atomic mass is 10.0. The molecule has 0 amide bonds. The second kappa shape index (κ2) is 16.2. The number of ether oxygens (including phenoxy) is 2. The van der Waals surface area contributed by atoms with Crippen molar-refractivity contribution in [1.29, 1.82) is 0 Å². The maximum absolute atomic E-state index is 5.93. The van der Waals surface area contributed by atoms with Crippen LogP contribution in [-0.4, -0.2) is 63.3 Å². The maximum Gasteiger partial charge on any atom is 0.120 e. The van der Waals surface area contributed by atoms with E-state index in [1.807, 2.05) is 42.5 Å². The number of unbranched alkanes of at least 4 members (excludes halogenated alkanes) is 5. The molecule has 0 saturated heterocycles. The molecule has 38 heavy (non-hydrogen) atoms. The minimum atomic E-state index is 0.586. The van der Waals surface area contributed by atoms with Crippen LogP contribution in [-0.2, 0) is 13.0 Å².